The Morgan fingerprint density at radius 3 is 2.70 bits per heavy atom. The molecule has 0 atom stereocenters. The van der Waals surface area contributed by atoms with E-state index in [-0.39, 0.29) is 15.8 Å². The number of nitrogens with zero attached hydrogens (tertiary/aromatic N) is 2. The quantitative estimate of drug-likeness (QED) is 0.691. The first-order valence-electron chi connectivity index (χ1n) is 5.71. The van der Waals surface area contributed by atoms with Gasteiger partial charge in [-0.2, -0.15) is 5.26 Å². The maximum atomic E-state index is 13.7. The van der Waals surface area contributed by atoms with Crippen molar-refractivity contribution in [2.45, 2.75) is 0 Å². The van der Waals surface area contributed by atoms with Crippen LogP contribution in [0.5, 0.6) is 0 Å². The molecule has 3 rings (SSSR count). The Kier molecular flexibility index (Phi) is 2.84. The van der Waals surface area contributed by atoms with Gasteiger partial charge in [-0.1, -0.05) is 12.1 Å². The second-order valence-electron chi connectivity index (χ2n) is 4.18. The van der Waals surface area contributed by atoms with E-state index in [9.17, 15) is 8.78 Å². The normalized spacial score (nSPS) is 10.7. The lowest BCUT2D eigenvalue weighted by molar-refractivity contribution is 0.590. The number of rotatable bonds is 1. The predicted octanol–water partition coefficient (Wildman–Crippen LogP) is 3.84. The highest BCUT2D eigenvalue weighted by molar-refractivity contribution is 7.71. The Morgan fingerprint density at radius 2 is 1.95 bits per heavy atom. The molecular formula is C14H7F2N3S. The number of halogens is 2. The van der Waals surface area contributed by atoms with Crippen molar-refractivity contribution in [2.24, 2.45) is 0 Å². The molecule has 0 saturated carbocycles. The van der Waals surface area contributed by atoms with Crippen LogP contribution in [0.25, 0.3) is 16.7 Å². The van der Waals surface area contributed by atoms with E-state index >= 15 is 0 Å². The van der Waals surface area contributed by atoms with Crippen LogP contribution in [0.15, 0.2) is 36.4 Å². The SMILES string of the molecule is N#Cc1ccccc1-n1c(=S)[nH]c2c(F)cc(F)cc21. The molecule has 0 saturated heterocycles. The van der Waals surface area contributed by atoms with Crippen molar-refractivity contribution >= 4 is 23.3 Å². The summed E-state index contributed by atoms with van der Waals surface area (Å²) in [5.74, 6) is -1.42. The van der Waals surface area contributed by atoms with Gasteiger partial charge in [0.05, 0.1) is 16.8 Å². The molecule has 0 aliphatic heterocycles. The molecule has 0 radical (unpaired) electrons. The lowest BCUT2D eigenvalue weighted by Crippen LogP contribution is -1.97. The lowest BCUT2D eigenvalue weighted by atomic mass is 10.2. The van der Waals surface area contributed by atoms with Crippen LogP contribution in [0.3, 0.4) is 0 Å². The number of nitriles is 1. The van der Waals surface area contributed by atoms with Gasteiger partial charge in [-0.15, -0.1) is 0 Å². The number of benzene rings is 2. The number of aromatic nitrogens is 2. The fourth-order valence-electron chi connectivity index (χ4n) is 2.13. The summed E-state index contributed by atoms with van der Waals surface area (Å²) in [5.41, 5.74) is 1.23. The van der Waals surface area contributed by atoms with Gasteiger partial charge < -0.3 is 4.98 Å². The molecule has 1 N–H and O–H groups in total. The maximum Gasteiger partial charge on any atom is 0.182 e. The topological polar surface area (TPSA) is 44.5 Å². The first kappa shape index (κ1) is 12.5. The summed E-state index contributed by atoms with van der Waals surface area (Å²) in [7, 11) is 0. The molecule has 0 bridgehead atoms. The highest BCUT2D eigenvalue weighted by Crippen LogP contribution is 2.24. The number of hydrogen-bond donors (Lipinski definition) is 1. The second-order valence-corrected chi connectivity index (χ2v) is 4.56. The zero-order chi connectivity index (χ0) is 14.3. The third-order valence-corrected chi connectivity index (χ3v) is 3.26. The Labute approximate surface area is 117 Å². The zero-order valence-corrected chi connectivity index (χ0v) is 10.8. The van der Waals surface area contributed by atoms with Gasteiger partial charge in [0.15, 0.2) is 10.6 Å². The lowest BCUT2D eigenvalue weighted by Gasteiger charge is -2.06. The van der Waals surface area contributed by atoms with E-state index < -0.39 is 11.6 Å². The Bertz CT molecular complexity index is 918. The van der Waals surface area contributed by atoms with Crippen LogP contribution in [0.1, 0.15) is 5.56 Å². The molecule has 1 heterocycles. The highest BCUT2D eigenvalue weighted by Gasteiger charge is 2.14. The number of hydrogen-bond acceptors (Lipinski definition) is 2. The summed E-state index contributed by atoms with van der Waals surface area (Å²) in [6.07, 6.45) is 0. The van der Waals surface area contributed by atoms with E-state index in [4.69, 9.17) is 17.5 Å². The number of imidazole rings is 1. The molecule has 3 aromatic rings. The molecule has 98 valence electrons. The van der Waals surface area contributed by atoms with Crippen LogP contribution >= 0.6 is 12.2 Å². The van der Waals surface area contributed by atoms with Crippen molar-refractivity contribution in [3.8, 4) is 11.8 Å². The molecule has 6 heteroatoms. The molecule has 0 unspecified atom stereocenters. The fourth-order valence-corrected chi connectivity index (χ4v) is 2.43. The Balaban J connectivity index is 2.46. The summed E-state index contributed by atoms with van der Waals surface area (Å²) < 4.78 is 28.8. The van der Waals surface area contributed by atoms with Gasteiger partial charge in [0, 0.05) is 12.1 Å². The monoisotopic (exact) mass is 287 g/mol. The van der Waals surface area contributed by atoms with Crippen molar-refractivity contribution in [3.05, 3.63) is 58.4 Å². The van der Waals surface area contributed by atoms with Gasteiger partial charge in [-0.3, -0.25) is 4.57 Å². The van der Waals surface area contributed by atoms with E-state index in [1.165, 1.54) is 10.6 Å². The third-order valence-electron chi connectivity index (χ3n) is 2.98. The maximum absolute atomic E-state index is 13.7. The Morgan fingerprint density at radius 1 is 1.20 bits per heavy atom. The van der Waals surface area contributed by atoms with Crippen LogP contribution in [0.4, 0.5) is 8.78 Å². The van der Waals surface area contributed by atoms with Crippen LogP contribution in [-0.4, -0.2) is 9.55 Å². The highest BCUT2D eigenvalue weighted by atomic mass is 32.1. The van der Waals surface area contributed by atoms with Gasteiger partial charge in [-0.05, 0) is 24.4 Å². The van der Waals surface area contributed by atoms with Gasteiger partial charge in [-0.25, -0.2) is 8.78 Å². The van der Waals surface area contributed by atoms with Crippen molar-refractivity contribution in [2.75, 3.05) is 0 Å². The summed E-state index contributed by atoms with van der Waals surface area (Å²) in [6.45, 7) is 0. The summed E-state index contributed by atoms with van der Waals surface area (Å²) in [5, 5.41) is 9.13. The summed E-state index contributed by atoms with van der Waals surface area (Å²) >= 11 is 5.15. The van der Waals surface area contributed by atoms with Crippen molar-refractivity contribution in [3.63, 3.8) is 0 Å². The minimum atomic E-state index is -0.723. The molecule has 2 aromatic carbocycles. The first-order chi connectivity index (χ1) is 9.61. The summed E-state index contributed by atoms with van der Waals surface area (Å²) in [4.78, 5) is 2.70. The zero-order valence-electron chi connectivity index (χ0n) is 10.0. The van der Waals surface area contributed by atoms with Crippen LogP contribution in [-0.2, 0) is 0 Å². The summed E-state index contributed by atoms with van der Waals surface area (Å²) in [6, 6.07) is 10.7. The van der Waals surface area contributed by atoms with Crippen LogP contribution < -0.4 is 0 Å². The molecule has 0 amide bonds. The number of fused-ring (bicyclic) bond motifs is 1. The fraction of sp³-hybridized carbons (Fsp3) is 0. The van der Waals surface area contributed by atoms with E-state index in [1.54, 1.807) is 24.3 Å². The van der Waals surface area contributed by atoms with Gasteiger partial charge in [0.25, 0.3) is 0 Å². The number of para-hydroxylation sites is 1. The molecule has 0 aliphatic carbocycles. The molecule has 1 aromatic heterocycles. The molecule has 0 aliphatic rings. The molecule has 0 fully saturated rings. The van der Waals surface area contributed by atoms with Crippen molar-refractivity contribution in [1.29, 1.82) is 5.26 Å². The van der Waals surface area contributed by atoms with E-state index in [0.717, 1.165) is 6.07 Å². The average Bonchev–Trinajstić information content (AvgIpc) is 2.75. The van der Waals surface area contributed by atoms with Gasteiger partial charge in [0.2, 0.25) is 0 Å². The first-order valence-corrected chi connectivity index (χ1v) is 6.12. The van der Waals surface area contributed by atoms with E-state index in [1.807, 2.05) is 6.07 Å². The number of H-pyrrole nitrogens is 1. The van der Waals surface area contributed by atoms with Crippen LogP contribution in [0.2, 0.25) is 0 Å². The van der Waals surface area contributed by atoms with Crippen molar-refractivity contribution in [1.82, 2.24) is 9.55 Å². The number of aromatic amines is 1. The van der Waals surface area contributed by atoms with Gasteiger partial charge >= 0.3 is 0 Å². The predicted molar refractivity (Wildman–Crippen MR) is 73.1 cm³/mol. The Hall–Kier alpha value is -2.52. The molecule has 3 nitrogen and oxygen atoms in total. The minimum Gasteiger partial charge on any atom is -0.328 e. The smallest absolute Gasteiger partial charge is 0.182 e. The standard InChI is InChI=1S/C14H7F2N3S/c15-9-5-10(16)13-12(6-9)19(14(20)18-13)11-4-2-1-3-8(11)7-17/h1-6H,(H,18,20). The second kappa shape index (κ2) is 4.54. The van der Waals surface area contributed by atoms with E-state index in [0.29, 0.717) is 11.3 Å². The number of nitrogens with one attached hydrogen (secondary N) is 1. The van der Waals surface area contributed by atoms with Gasteiger partial charge in [0.1, 0.15) is 17.4 Å². The molecular weight excluding hydrogens is 280 g/mol. The minimum absolute atomic E-state index is 0.115. The van der Waals surface area contributed by atoms with E-state index in [2.05, 4.69) is 4.98 Å². The largest absolute Gasteiger partial charge is 0.328 e. The van der Waals surface area contributed by atoms with Crippen molar-refractivity contribution < 1.29 is 8.78 Å². The third kappa shape index (κ3) is 1.80. The molecule has 0 spiro atoms. The van der Waals surface area contributed by atoms with Crippen LogP contribution in [0, 0.1) is 27.7 Å². The molecule has 20 heavy (non-hydrogen) atoms. The average molecular weight is 287 g/mol.